The predicted molar refractivity (Wildman–Crippen MR) is 83.3 cm³/mol. The molecular formula is C18H19ClO. The lowest BCUT2D eigenvalue weighted by molar-refractivity contribution is 0.178. The van der Waals surface area contributed by atoms with E-state index in [0.717, 1.165) is 11.1 Å². The summed E-state index contributed by atoms with van der Waals surface area (Å²) in [4.78, 5) is 0. The first-order valence-electron chi connectivity index (χ1n) is 7.19. The van der Waals surface area contributed by atoms with Crippen molar-refractivity contribution in [2.75, 3.05) is 0 Å². The van der Waals surface area contributed by atoms with Gasteiger partial charge in [0.05, 0.1) is 6.10 Å². The van der Waals surface area contributed by atoms with Crippen molar-refractivity contribution in [1.82, 2.24) is 0 Å². The summed E-state index contributed by atoms with van der Waals surface area (Å²) in [5.41, 5.74) is 5.95. The minimum Gasteiger partial charge on any atom is -0.388 e. The number of aliphatic hydroxyl groups is 1. The van der Waals surface area contributed by atoms with Gasteiger partial charge in [0, 0.05) is 11.4 Å². The Morgan fingerprint density at radius 2 is 1.95 bits per heavy atom. The zero-order valence-electron chi connectivity index (χ0n) is 11.7. The van der Waals surface area contributed by atoms with Gasteiger partial charge >= 0.3 is 0 Å². The van der Waals surface area contributed by atoms with Gasteiger partial charge in [0.15, 0.2) is 0 Å². The van der Waals surface area contributed by atoms with E-state index in [1.54, 1.807) is 0 Å². The molecule has 0 bridgehead atoms. The van der Waals surface area contributed by atoms with Crippen LogP contribution in [0.4, 0.5) is 0 Å². The van der Waals surface area contributed by atoms with Crippen molar-refractivity contribution in [2.45, 2.75) is 38.7 Å². The van der Waals surface area contributed by atoms with Crippen LogP contribution in [-0.4, -0.2) is 5.11 Å². The lowest BCUT2D eigenvalue weighted by atomic mass is 9.97. The van der Waals surface area contributed by atoms with Gasteiger partial charge in [-0.2, -0.15) is 0 Å². The van der Waals surface area contributed by atoms with E-state index >= 15 is 0 Å². The van der Waals surface area contributed by atoms with Crippen LogP contribution < -0.4 is 0 Å². The molecule has 0 saturated carbocycles. The molecule has 0 aromatic heterocycles. The highest BCUT2D eigenvalue weighted by Gasteiger charge is 2.16. The third-order valence-corrected chi connectivity index (χ3v) is 4.69. The molecule has 104 valence electrons. The van der Waals surface area contributed by atoms with E-state index in [1.165, 1.54) is 36.0 Å². The fourth-order valence-corrected chi connectivity index (χ4v) is 3.26. The van der Waals surface area contributed by atoms with Crippen molar-refractivity contribution < 1.29 is 5.11 Å². The largest absolute Gasteiger partial charge is 0.388 e. The van der Waals surface area contributed by atoms with Crippen LogP contribution in [0.5, 0.6) is 0 Å². The van der Waals surface area contributed by atoms with Crippen molar-refractivity contribution in [2.24, 2.45) is 0 Å². The predicted octanol–water partition coefficient (Wildman–Crippen LogP) is 4.41. The number of aryl methyl sites for hydroxylation is 3. The maximum Gasteiger partial charge on any atom is 0.0844 e. The second kappa shape index (κ2) is 5.59. The summed E-state index contributed by atoms with van der Waals surface area (Å²) in [6.45, 7) is 1.97. The molecule has 0 heterocycles. The number of hydrogen-bond acceptors (Lipinski definition) is 1. The van der Waals surface area contributed by atoms with E-state index in [9.17, 15) is 5.11 Å². The number of aliphatic hydroxyl groups excluding tert-OH is 1. The average Bonchev–Trinajstić information content (AvgIpc) is 2.89. The smallest absolute Gasteiger partial charge is 0.0844 e. The highest BCUT2D eigenvalue weighted by Crippen LogP contribution is 2.30. The Balaban J connectivity index is 1.82. The summed E-state index contributed by atoms with van der Waals surface area (Å²) in [5.74, 6) is 0. The van der Waals surface area contributed by atoms with E-state index in [0.29, 0.717) is 11.4 Å². The zero-order valence-corrected chi connectivity index (χ0v) is 12.5. The lowest BCUT2D eigenvalue weighted by Gasteiger charge is -2.15. The molecule has 0 aliphatic heterocycles. The maximum atomic E-state index is 10.4. The number of hydrogen-bond donors (Lipinski definition) is 1. The maximum absolute atomic E-state index is 10.4. The molecule has 1 aliphatic carbocycles. The van der Waals surface area contributed by atoms with E-state index in [4.69, 9.17) is 11.6 Å². The van der Waals surface area contributed by atoms with Crippen molar-refractivity contribution >= 4 is 11.6 Å². The van der Waals surface area contributed by atoms with E-state index in [2.05, 4.69) is 18.2 Å². The zero-order chi connectivity index (χ0) is 14.1. The van der Waals surface area contributed by atoms with Gasteiger partial charge in [0.1, 0.15) is 0 Å². The SMILES string of the molecule is Cc1cccc(C(O)Cc2ccc3c(c2)CCC3)c1Cl. The summed E-state index contributed by atoms with van der Waals surface area (Å²) in [6, 6.07) is 12.4. The molecule has 0 amide bonds. The Hall–Kier alpha value is -1.31. The molecule has 1 N–H and O–H groups in total. The van der Waals surface area contributed by atoms with Crippen LogP contribution in [0.3, 0.4) is 0 Å². The minimum absolute atomic E-state index is 0.540. The van der Waals surface area contributed by atoms with Crippen LogP contribution >= 0.6 is 11.6 Å². The molecule has 2 aromatic carbocycles. The number of benzene rings is 2. The third-order valence-electron chi connectivity index (χ3n) is 4.17. The highest BCUT2D eigenvalue weighted by atomic mass is 35.5. The molecule has 1 aliphatic rings. The summed E-state index contributed by atoms with van der Waals surface area (Å²) < 4.78 is 0. The van der Waals surface area contributed by atoms with Crippen LogP contribution in [0.15, 0.2) is 36.4 Å². The van der Waals surface area contributed by atoms with Gasteiger partial charge in [0.2, 0.25) is 0 Å². The van der Waals surface area contributed by atoms with Gasteiger partial charge in [-0.1, -0.05) is 48.0 Å². The summed E-state index contributed by atoms with van der Waals surface area (Å²) in [5, 5.41) is 11.1. The van der Waals surface area contributed by atoms with Crippen LogP contribution in [0.25, 0.3) is 0 Å². The molecule has 1 nitrogen and oxygen atoms in total. The molecule has 2 aromatic rings. The van der Waals surface area contributed by atoms with E-state index in [1.807, 2.05) is 25.1 Å². The molecule has 1 unspecified atom stereocenters. The van der Waals surface area contributed by atoms with Crippen LogP contribution in [0, 0.1) is 6.92 Å². The van der Waals surface area contributed by atoms with Gasteiger partial charge in [-0.3, -0.25) is 0 Å². The van der Waals surface area contributed by atoms with Crippen molar-refractivity contribution in [3.8, 4) is 0 Å². The lowest BCUT2D eigenvalue weighted by Crippen LogP contribution is -2.04. The quantitative estimate of drug-likeness (QED) is 0.886. The number of rotatable bonds is 3. The van der Waals surface area contributed by atoms with E-state index in [-0.39, 0.29) is 0 Å². The Kier molecular flexibility index (Phi) is 3.82. The Morgan fingerprint density at radius 3 is 2.80 bits per heavy atom. The molecule has 3 rings (SSSR count). The molecule has 0 spiro atoms. The van der Waals surface area contributed by atoms with Crippen molar-refractivity contribution in [3.63, 3.8) is 0 Å². The normalized spacial score (nSPS) is 15.2. The standard InChI is InChI=1S/C18H19ClO/c1-12-4-2-7-16(18(12)19)17(20)11-13-8-9-14-5-3-6-15(14)10-13/h2,4,7-10,17,20H,3,5-6,11H2,1H3. The van der Waals surface area contributed by atoms with Gasteiger partial charge in [0.25, 0.3) is 0 Å². The van der Waals surface area contributed by atoms with Crippen LogP contribution in [0.1, 0.15) is 40.3 Å². The average molecular weight is 287 g/mol. The molecule has 0 fully saturated rings. The van der Waals surface area contributed by atoms with Crippen molar-refractivity contribution in [1.29, 1.82) is 0 Å². The van der Waals surface area contributed by atoms with Gasteiger partial charge in [-0.05, 0) is 54.0 Å². The third kappa shape index (κ3) is 2.61. The van der Waals surface area contributed by atoms with Crippen LogP contribution in [-0.2, 0) is 19.3 Å². The Morgan fingerprint density at radius 1 is 1.15 bits per heavy atom. The monoisotopic (exact) mass is 286 g/mol. The van der Waals surface area contributed by atoms with Crippen LogP contribution in [0.2, 0.25) is 5.02 Å². The summed E-state index contributed by atoms with van der Waals surface area (Å²) >= 11 is 6.29. The fourth-order valence-electron chi connectivity index (χ4n) is 3.01. The molecular weight excluding hydrogens is 268 g/mol. The fraction of sp³-hybridized carbons (Fsp3) is 0.333. The van der Waals surface area contributed by atoms with E-state index < -0.39 is 6.10 Å². The first-order chi connectivity index (χ1) is 9.65. The van der Waals surface area contributed by atoms with Gasteiger partial charge < -0.3 is 5.11 Å². The van der Waals surface area contributed by atoms with Gasteiger partial charge in [-0.25, -0.2) is 0 Å². The summed E-state index contributed by atoms with van der Waals surface area (Å²) in [6.07, 6.45) is 3.70. The number of halogens is 1. The molecule has 0 radical (unpaired) electrons. The van der Waals surface area contributed by atoms with Gasteiger partial charge in [-0.15, -0.1) is 0 Å². The highest BCUT2D eigenvalue weighted by molar-refractivity contribution is 6.32. The summed E-state index contributed by atoms with van der Waals surface area (Å²) in [7, 11) is 0. The number of fused-ring (bicyclic) bond motifs is 1. The Labute approximate surface area is 125 Å². The molecule has 2 heteroatoms. The Bertz CT molecular complexity index is 633. The second-order valence-electron chi connectivity index (χ2n) is 5.65. The second-order valence-corrected chi connectivity index (χ2v) is 6.03. The first kappa shape index (κ1) is 13.7. The molecule has 20 heavy (non-hydrogen) atoms. The first-order valence-corrected chi connectivity index (χ1v) is 7.56. The minimum atomic E-state index is -0.540. The molecule has 1 atom stereocenters. The van der Waals surface area contributed by atoms with Crippen molar-refractivity contribution in [3.05, 3.63) is 69.2 Å². The topological polar surface area (TPSA) is 20.2 Å². The molecule has 0 saturated heterocycles.